The van der Waals surface area contributed by atoms with Gasteiger partial charge in [-0.3, -0.25) is 4.79 Å². The van der Waals surface area contributed by atoms with Gasteiger partial charge in [-0.15, -0.1) is 5.10 Å². The summed E-state index contributed by atoms with van der Waals surface area (Å²) < 4.78 is 28.8. The number of hydrogen-bond donors (Lipinski definition) is 0. The molecule has 0 spiro atoms. The van der Waals surface area contributed by atoms with E-state index < -0.39 is 18.9 Å². The topological polar surface area (TPSA) is 46.1 Å². The molecule has 0 saturated carbocycles. The van der Waals surface area contributed by atoms with Crippen LogP contribution in [0.4, 0.5) is 8.78 Å². The molecule has 0 aliphatic carbocycles. The molecular weight excluding hydrogens is 340 g/mol. The standard InChI is InChI=1S/C11H16BrF2N3OS/c1-11(2,3)9-8(19-16-15-9)10(18)17(5-4-12)6-7(13)14/h7H,4-6H2,1-3H3. The number of amides is 1. The minimum Gasteiger partial charge on any atom is -0.331 e. The Bertz CT molecular complexity index is 434. The van der Waals surface area contributed by atoms with E-state index in [9.17, 15) is 13.6 Å². The van der Waals surface area contributed by atoms with Crippen molar-refractivity contribution in [3.63, 3.8) is 0 Å². The molecule has 1 aromatic rings. The first kappa shape index (κ1) is 16.4. The number of alkyl halides is 3. The lowest BCUT2D eigenvalue weighted by Gasteiger charge is -2.22. The summed E-state index contributed by atoms with van der Waals surface area (Å²) in [6.45, 7) is 5.37. The van der Waals surface area contributed by atoms with Gasteiger partial charge in [0.25, 0.3) is 12.3 Å². The SMILES string of the molecule is CC(C)(C)c1nnsc1C(=O)N(CCBr)CC(F)F. The van der Waals surface area contributed by atoms with Gasteiger partial charge in [0.2, 0.25) is 0 Å². The van der Waals surface area contributed by atoms with E-state index in [4.69, 9.17) is 0 Å². The van der Waals surface area contributed by atoms with Gasteiger partial charge in [0.15, 0.2) is 0 Å². The maximum atomic E-state index is 12.5. The molecule has 0 fully saturated rings. The highest BCUT2D eigenvalue weighted by atomic mass is 79.9. The molecule has 0 aliphatic heterocycles. The fourth-order valence-electron chi connectivity index (χ4n) is 1.51. The predicted octanol–water partition coefficient (Wildman–Crippen LogP) is 2.94. The number of hydrogen-bond acceptors (Lipinski definition) is 4. The Morgan fingerprint density at radius 2 is 2.11 bits per heavy atom. The summed E-state index contributed by atoms with van der Waals surface area (Å²) >= 11 is 4.12. The molecule has 1 aromatic heterocycles. The molecule has 0 saturated heterocycles. The van der Waals surface area contributed by atoms with E-state index in [0.717, 1.165) is 16.4 Å². The number of carbonyl (C=O) groups is 1. The molecule has 0 N–H and O–H groups in total. The summed E-state index contributed by atoms with van der Waals surface area (Å²) in [7, 11) is 0. The van der Waals surface area contributed by atoms with Crippen molar-refractivity contribution in [3.05, 3.63) is 10.6 Å². The van der Waals surface area contributed by atoms with Crippen LogP contribution in [0.1, 0.15) is 36.1 Å². The zero-order valence-corrected chi connectivity index (χ0v) is 13.4. The Labute approximate surface area is 123 Å². The van der Waals surface area contributed by atoms with E-state index in [0.29, 0.717) is 15.9 Å². The molecule has 8 heteroatoms. The normalized spacial score (nSPS) is 11.9. The highest BCUT2D eigenvalue weighted by Gasteiger charge is 2.29. The lowest BCUT2D eigenvalue weighted by Crippen LogP contribution is -2.37. The van der Waals surface area contributed by atoms with Crippen LogP contribution in [-0.2, 0) is 5.41 Å². The fourth-order valence-corrected chi connectivity index (χ4v) is 2.78. The predicted molar refractivity (Wildman–Crippen MR) is 74.3 cm³/mol. The largest absolute Gasteiger partial charge is 0.331 e. The third kappa shape index (κ3) is 4.45. The molecule has 1 amide bonds. The van der Waals surface area contributed by atoms with E-state index in [1.807, 2.05) is 20.8 Å². The highest BCUT2D eigenvalue weighted by molar-refractivity contribution is 9.09. The maximum absolute atomic E-state index is 12.5. The van der Waals surface area contributed by atoms with Crippen LogP contribution in [0.3, 0.4) is 0 Å². The third-order valence-electron chi connectivity index (χ3n) is 2.39. The fraction of sp³-hybridized carbons (Fsp3) is 0.727. The van der Waals surface area contributed by atoms with Crippen LogP contribution in [-0.4, -0.2) is 45.2 Å². The Morgan fingerprint density at radius 3 is 2.58 bits per heavy atom. The molecule has 0 aromatic carbocycles. The second kappa shape index (κ2) is 6.69. The van der Waals surface area contributed by atoms with Crippen LogP contribution in [0, 0.1) is 0 Å². The van der Waals surface area contributed by atoms with Crippen LogP contribution < -0.4 is 0 Å². The van der Waals surface area contributed by atoms with Gasteiger partial charge in [-0.2, -0.15) is 0 Å². The van der Waals surface area contributed by atoms with Crippen molar-refractivity contribution in [1.29, 1.82) is 0 Å². The van der Waals surface area contributed by atoms with Gasteiger partial charge >= 0.3 is 0 Å². The first-order valence-corrected chi connectivity index (χ1v) is 7.63. The van der Waals surface area contributed by atoms with Gasteiger partial charge in [0, 0.05) is 17.3 Å². The molecule has 4 nitrogen and oxygen atoms in total. The Kier molecular flexibility index (Phi) is 5.79. The summed E-state index contributed by atoms with van der Waals surface area (Å²) in [5, 5.41) is 4.40. The second-order valence-electron chi connectivity index (χ2n) is 5.03. The van der Waals surface area contributed by atoms with Gasteiger partial charge in [-0.05, 0) is 11.5 Å². The van der Waals surface area contributed by atoms with Crippen molar-refractivity contribution in [1.82, 2.24) is 14.5 Å². The molecule has 0 unspecified atom stereocenters. The van der Waals surface area contributed by atoms with Gasteiger partial charge in [0.1, 0.15) is 4.88 Å². The van der Waals surface area contributed by atoms with Crippen LogP contribution in [0.5, 0.6) is 0 Å². The Morgan fingerprint density at radius 1 is 1.47 bits per heavy atom. The zero-order valence-electron chi connectivity index (χ0n) is 11.0. The van der Waals surface area contributed by atoms with E-state index in [2.05, 4.69) is 25.5 Å². The Hall–Kier alpha value is -0.630. The first-order chi connectivity index (χ1) is 8.77. The van der Waals surface area contributed by atoms with E-state index in [-0.39, 0.29) is 12.0 Å². The van der Waals surface area contributed by atoms with Crippen LogP contribution in [0.25, 0.3) is 0 Å². The molecule has 0 aliphatic rings. The molecule has 108 valence electrons. The van der Waals surface area contributed by atoms with Crippen molar-refractivity contribution in [3.8, 4) is 0 Å². The molecule has 0 radical (unpaired) electrons. The number of nitrogens with zero attached hydrogens (tertiary/aromatic N) is 3. The minimum atomic E-state index is -2.55. The summed E-state index contributed by atoms with van der Waals surface area (Å²) in [5.41, 5.74) is 0.208. The highest BCUT2D eigenvalue weighted by Crippen LogP contribution is 2.27. The maximum Gasteiger partial charge on any atom is 0.267 e. The average Bonchev–Trinajstić information content (AvgIpc) is 2.75. The van der Waals surface area contributed by atoms with Gasteiger partial charge in [0.05, 0.1) is 12.2 Å². The summed E-state index contributed by atoms with van der Waals surface area (Å²) in [5.74, 6) is -0.431. The molecule has 0 bridgehead atoms. The smallest absolute Gasteiger partial charge is 0.267 e. The molecule has 1 rings (SSSR count). The summed E-state index contributed by atoms with van der Waals surface area (Å²) in [4.78, 5) is 13.8. The molecule has 1 heterocycles. The second-order valence-corrected chi connectivity index (χ2v) is 6.58. The average molecular weight is 356 g/mol. The third-order valence-corrected chi connectivity index (χ3v) is 3.46. The van der Waals surface area contributed by atoms with Crippen LogP contribution in [0.15, 0.2) is 0 Å². The summed E-state index contributed by atoms with van der Waals surface area (Å²) in [6, 6.07) is 0. The number of halogens is 3. The number of carbonyl (C=O) groups excluding carboxylic acids is 1. The van der Waals surface area contributed by atoms with Crippen molar-refractivity contribution < 1.29 is 13.6 Å². The summed E-state index contributed by atoms with van der Waals surface area (Å²) in [6.07, 6.45) is -2.55. The quantitative estimate of drug-likeness (QED) is 0.762. The van der Waals surface area contributed by atoms with Gasteiger partial charge in [-0.1, -0.05) is 41.2 Å². The molecular formula is C11H16BrF2N3OS. The van der Waals surface area contributed by atoms with Crippen LogP contribution >= 0.6 is 27.5 Å². The van der Waals surface area contributed by atoms with Crippen molar-refractivity contribution >= 4 is 33.4 Å². The van der Waals surface area contributed by atoms with E-state index >= 15 is 0 Å². The first-order valence-electron chi connectivity index (χ1n) is 5.73. The van der Waals surface area contributed by atoms with Crippen LogP contribution in [0.2, 0.25) is 0 Å². The number of aromatic nitrogens is 2. The van der Waals surface area contributed by atoms with Crippen molar-refractivity contribution in [2.45, 2.75) is 32.6 Å². The van der Waals surface area contributed by atoms with Crippen molar-refractivity contribution in [2.75, 3.05) is 18.4 Å². The molecule has 0 atom stereocenters. The van der Waals surface area contributed by atoms with Crippen molar-refractivity contribution in [2.24, 2.45) is 0 Å². The lowest BCUT2D eigenvalue weighted by atomic mass is 9.91. The van der Waals surface area contributed by atoms with Gasteiger partial charge in [-0.25, -0.2) is 8.78 Å². The number of rotatable bonds is 5. The van der Waals surface area contributed by atoms with Gasteiger partial charge < -0.3 is 4.90 Å². The Balaban J connectivity index is 3.00. The molecule has 19 heavy (non-hydrogen) atoms. The van der Waals surface area contributed by atoms with E-state index in [1.54, 1.807) is 0 Å². The zero-order chi connectivity index (χ0) is 14.6. The minimum absolute atomic E-state index is 0.227. The van der Waals surface area contributed by atoms with E-state index in [1.165, 1.54) is 0 Å². The lowest BCUT2D eigenvalue weighted by molar-refractivity contribution is 0.0574. The monoisotopic (exact) mass is 355 g/mol.